The molecule has 0 unspecified atom stereocenters. The standard InChI is InChI=1S/C20H22ClFN2/c1-3-23(4-2)13-16-14-24(12-15-8-10-17(22)11-9-15)19-7-5-6-18(21)20(16)19/h5-11,14H,3-4,12-13H2,1-2H3. The molecular formula is C20H22ClFN2. The third kappa shape index (κ3) is 3.47. The predicted molar refractivity (Wildman–Crippen MR) is 99.1 cm³/mol. The molecule has 1 heterocycles. The minimum absolute atomic E-state index is 0.207. The molecule has 0 N–H and O–H groups in total. The quantitative estimate of drug-likeness (QED) is 0.587. The number of hydrogen-bond donors (Lipinski definition) is 0. The molecule has 4 heteroatoms. The molecule has 24 heavy (non-hydrogen) atoms. The summed E-state index contributed by atoms with van der Waals surface area (Å²) in [4.78, 5) is 2.38. The predicted octanol–water partition coefficient (Wildman–Crippen LogP) is 5.32. The van der Waals surface area contributed by atoms with Crippen LogP contribution in [-0.4, -0.2) is 22.6 Å². The lowest BCUT2D eigenvalue weighted by atomic mass is 10.1. The van der Waals surface area contributed by atoms with Crippen molar-refractivity contribution in [2.75, 3.05) is 13.1 Å². The van der Waals surface area contributed by atoms with Crippen LogP contribution in [0.2, 0.25) is 5.02 Å². The van der Waals surface area contributed by atoms with Gasteiger partial charge in [0.25, 0.3) is 0 Å². The van der Waals surface area contributed by atoms with Gasteiger partial charge in [0.05, 0.1) is 10.5 Å². The molecule has 0 radical (unpaired) electrons. The van der Waals surface area contributed by atoms with E-state index in [-0.39, 0.29) is 5.82 Å². The van der Waals surface area contributed by atoms with Crippen molar-refractivity contribution >= 4 is 22.5 Å². The Morgan fingerprint density at radius 2 is 1.75 bits per heavy atom. The highest BCUT2D eigenvalue weighted by Gasteiger charge is 2.13. The van der Waals surface area contributed by atoms with Crippen LogP contribution in [0, 0.1) is 5.82 Å². The van der Waals surface area contributed by atoms with E-state index in [1.807, 2.05) is 24.3 Å². The maximum atomic E-state index is 13.1. The lowest BCUT2D eigenvalue weighted by Crippen LogP contribution is -2.21. The summed E-state index contributed by atoms with van der Waals surface area (Å²) in [5, 5.41) is 1.90. The zero-order chi connectivity index (χ0) is 17.1. The van der Waals surface area contributed by atoms with E-state index in [0.717, 1.165) is 41.1 Å². The number of aromatic nitrogens is 1. The fourth-order valence-corrected chi connectivity index (χ4v) is 3.41. The monoisotopic (exact) mass is 344 g/mol. The SMILES string of the molecule is CCN(CC)Cc1cn(Cc2ccc(F)cc2)c2cccc(Cl)c12. The van der Waals surface area contributed by atoms with Gasteiger partial charge in [-0.3, -0.25) is 4.90 Å². The van der Waals surface area contributed by atoms with E-state index in [4.69, 9.17) is 11.6 Å². The Hall–Kier alpha value is -1.84. The molecule has 0 aliphatic heterocycles. The van der Waals surface area contributed by atoms with Crippen LogP contribution >= 0.6 is 11.6 Å². The van der Waals surface area contributed by atoms with Gasteiger partial charge in [0, 0.05) is 24.7 Å². The number of fused-ring (bicyclic) bond motifs is 1. The van der Waals surface area contributed by atoms with Crippen molar-refractivity contribution in [1.29, 1.82) is 0 Å². The molecular weight excluding hydrogens is 323 g/mol. The van der Waals surface area contributed by atoms with Gasteiger partial charge in [-0.25, -0.2) is 4.39 Å². The number of benzene rings is 2. The highest BCUT2D eigenvalue weighted by Crippen LogP contribution is 2.30. The minimum atomic E-state index is -0.207. The summed E-state index contributed by atoms with van der Waals surface area (Å²) in [7, 11) is 0. The molecule has 3 rings (SSSR count). The Kier molecular flexibility index (Phi) is 5.22. The van der Waals surface area contributed by atoms with Crippen LogP contribution in [0.3, 0.4) is 0 Å². The van der Waals surface area contributed by atoms with Gasteiger partial charge in [-0.1, -0.05) is 43.6 Å². The molecule has 0 amide bonds. The fraction of sp³-hybridized carbons (Fsp3) is 0.300. The normalized spacial score (nSPS) is 11.5. The molecule has 0 saturated carbocycles. The molecule has 0 spiro atoms. The summed E-state index contributed by atoms with van der Waals surface area (Å²) in [5.74, 6) is -0.207. The molecule has 3 aromatic rings. The first kappa shape index (κ1) is 17.0. The molecule has 0 atom stereocenters. The van der Waals surface area contributed by atoms with E-state index in [9.17, 15) is 4.39 Å². The second-order valence-electron chi connectivity index (χ2n) is 6.00. The van der Waals surface area contributed by atoms with E-state index in [2.05, 4.69) is 35.6 Å². The Balaban J connectivity index is 2.01. The van der Waals surface area contributed by atoms with Gasteiger partial charge < -0.3 is 4.57 Å². The first-order chi connectivity index (χ1) is 11.6. The molecule has 2 nitrogen and oxygen atoms in total. The number of halogens is 2. The lowest BCUT2D eigenvalue weighted by Gasteiger charge is -2.17. The average molecular weight is 345 g/mol. The number of nitrogens with zero attached hydrogens (tertiary/aromatic N) is 2. The van der Waals surface area contributed by atoms with Gasteiger partial charge in [0.1, 0.15) is 5.82 Å². The summed E-state index contributed by atoms with van der Waals surface area (Å²) < 4.78 is 15.3. The van der Waals surface area contributed by atoms with Gasteiger partial charge in [-0.2, -0.15) is 0 Å². The molecule has 126 valence electrons. The topological polar surface area (TPSA) is 8.17 Å². The second kappa shape index (κ2) is 7.37. The third-order valence-corrected chi connectivity index (χ3v) is 4.80. The van der Waals surface area contributed by atoms with Gasteiger partial charge >= 0.3 is 0 Å². The van der Waals surface area contributed by atoms with Crippen LogP contribution in [0.4, 0.5) is 4.39 Å². The smallest absolute Gasteiger partial charge is 0.123 e. The van der Waals surface area contributed by atoms with Gasteiger partial charge in [0.15, 0.2) is 0 Å². The van der Waals surface area contributed by atoms with Crippen LogP contribution in [0.15, 0.2) is 48.7 Å². The summed E-state index contributed by atoms with van der Waals surface area (Å²) >= 11 is 6.49. The Morgan fingerprint density at radius 3 is 2.42 bits per heavy atom. The maximum Gasteiger partial charge on any atom is 0.123 e. The van der Waals surface area contributed by atoms with Crippen LogP contribution in [-0.2, 0) is 13.1 Å². The summed E-state index contributed by atoms with van der Waals surface area (Å²) in [6, 6.07) is 12.7. The van der Waals surface area contributed by atoms with E-state index in [1.54, 1.807) is 0 Å². The van der Waals surface area contributed by atoms with Crippen molar-refractivity contribution in [3.8, 4) is 0 Å². The first-order valence-electron chi connectivity index (χ1n) is 8.35. The third-order valence-electron chi connectivity index (χ3n) is 4.49. The van der Waals surface area contributed by atoms with Crippen molar-refractivity contribution < 1.29 is 4.39 Å². The Morgan fingerprint density at radius 1 is 1.04 bits per heavy atom. The Labute approximate surface area is 147 Å². The summed E-state index contributed by atoms with van der Waals surface area (Å²) in [6.07, 6.45) is 2.18. The van der Waals surface area contributed by atoms with Crippen LogP contribution in [0.5, 0.6) is 0 Å². The van der Waals surface area contributed by atoms with Crippen LogP contribution in [0.1, 0.15) is 25.0 Å². The zero-order valence-electron chi connectivity index (χ0n) is 14.1. The van der Waals surface area contributed by atoms with Crippen LogP contribution in [0.25, 0.3) is 10.9 Å². The minimum Gasteiger partial charge on any atom is -0.343 e. The molecule has 2 aromatic carbocycles. The van der Waals surface area contributed by atoms with Crippen molar-refractivity contribution in [2.45, 2.75) is 26.9 Å². The lowest BCUT2D eigenvalue weighted by molar-refractivity contribution is 0.296. The van der Waals surface area contributed by atoms with Gasteiger partial charge in [-0.05, 0) is 48.5 Å². The van der Waals surface area contributed by atoms with E-state index in [0.29, 0.717) is 6.54 Å². The number of hydrogen-bond acceptors (Lipinski definition) is 1. The first-order valence-corrected chi connectivity index (χ1v) is 8.73. The highest BCUT2D eigenvalue weighted by atomic mass is 35.5. The molecule has 0 aliphatic carbocycles. The van der Waals surface area contributed by atoms with Crippen molar-refractivity contribution in [2.24, 2.45) is 0 Å². The van der Waals surface area contributed by atoms with E-state index in [1.165, 1.54) is 17.7 Å². The molecule has 1 aromatic heterocycles. The number of rotatable bonds is 6. The molecule has 0 saturated heterocycles. The largest absolute Gasteiger partial charge is 0.343 e. The highest BCUT2D eigenvalue weighted by molar-refractivity contribution is 6.35. The van der Waals surface area contributed by atoms with Crippen LogP contribution < -0.4 is 0 Å². The fourth-order valence-electron chi connectivity index (χ4n) is 3.12. The Bertz CT molecular complexity index is 820. The maximum absolute atomic E-state index is 13.1. The van der Waals surface area contributed by atoms with Crippen molar-refractivity contribution in [3.63, 3.8) is 0 Å². The average Bonchev–Trinajstić information content (AvgIpc) is 2.93. The zero-order valence-corrected chi connectivity index (χ0v) is 14.9. The molecule has 0 aliphatic rings. The van der Waals surface area contributed by atoms with Crippen molar-refractivity contribution in [3.05, 3.63) is 70.6 Å². The van der Waals surface area contributed by atoms with E-state index < -0.39 is 0 Å². The summed E-state index contributed by atoms with van der Waals surface area (Å²) in [6.45, 7) is 7.93. The second-order valence-corrected chi connectivity index (χ2v) is 6.41. The molecule has 0 fully saturated rings. The summed E-state index contributed by atoms with van der Waals surface area (Å²) in [5.41, 5.74) is 3.43. The van der Waals surface area contributed by atoms with Crippen molar-refractivity contribution in [1.82, 2.24) is 9.47 Å². The molecule has 0 bridgehead atoms. The van der Waals surface area contributed by atoms with Gasteiger partial charge in [-0.15, -0.1) is 0 Å². The van der Waals surface area contributed by atoms with Gasteiger partial charge in [0.2, 0.25) is 0 Å². The van der Waals surface area contributed by atoms with E-state index >= 15 is 0 Å².